The predicted molar refractivity (Wildman–Crippen MR) is 49.4 cm³/mol. The summed E-state index contributed by atoms with van der Waals surface area (Å²) in [6.07, 6.45) is 12.6. The van der Waals surface area contributed by atoms with Gasteiger partial charge in [0, 0.05) is 13.1 Å². The molecule has 0 saturated carbocycles. The summed E-state index contributed by atoms with van der Waals surface area (Å²) in [4.78, 5) is 2.39. The molecule has 0 atom stereocenters. The zero-order valence-electron chi connectivity index (χ0n) is 7.29. The Balaban J connectivity index is 2.23. The Bertz CT molecular complexity index is 141. The summed E-state index contributed by atoms with van der Waals surface area (Å²) in [5, 5.41) is 0. The molecule has 1 saturated heterocycles. The van der Waals surface area contributed by atoms with E-state index in [2.05, 4.69) is 29.3 Å². The Morgan fingerprint density at radius 3 is 2.36 bits per heavy atom. The molecule has 0 N–H and O–H groups in total. The molecule has 11 heavy (non-hydrogen) atoms. The number of hydrogen-bond acceptors (Lipinski definition) is 1. The van der Waals surface area contributed by atoms with Gasteiger partial charge in [0.05, 0.1) is 0 Å². The second kappa shape index (κ2) is 5.00. The zero-order valence-corrected chi connectivity index (χ0v) is 7.29. The first-order valence-corrected chi connectivity index (χ1v) is 4.47. The molecular formula is C10H17N. The van der Waals surface area contributed by atoms with Gasteiger partial charge in [0.15, 0.2) is 0 Å². The highest BCUT2D eigenvalue weighted by Crippen LogP contribution is 2.08. The molecule has 0 bridgehead atoms. The minimum absolute atomic E-state index is 1.24. The van der Waals surface area contributed by atoms with Crippen LogP contribution in [0, 0.1) is 0 Å². The van der Waals surface area contributed by atoms with E-state index in [9.17, 15) is 0 Å². The average Bonchev–Trinajstić information content (AvgIpc) is 2.07. The smallest absolute Gasteiger partial charge is 0.0172 e. The first-order valence-electron chi connectivity index (χ1n) is 4.47. The van der Waals surface area contributed by atoms with Crippen LogP contribution in [-0.4, -0.2) is 18.0 Å². The van der Waals surface area contributed by atoms with Gasteiger partial charge in [-0.1, -0.05) is 12.2 Å². The molecule has 1 aliphatic rings. The summed E-state index contributed by atoms with van der Waals surface area (Å²) in [5.41, 5.74) is 0. The van der Waals surface area contributed by atoms with Gasteiger partial charge in [-0.15, -0.1) is 0 Å². The molecule has 1 heterocycles. The van der Waals surface area contributed by atoms with E-state index in [0.29, 0.717) is 0 Å². The van der Waals surface area contributed by atoms with Crippen molar-refractivity contribution in [3.05, 3.63) is 24.4 Å². The number of hydrogen-bond donors (Lipinski definition) is 0. The minimum atomic E-state index is 1.24. The van der Waals surface area contributed by atoms with E-state index in [1.165, 1.54) is 32.4 Å². The molecular weight excluding hydrogens is 134 g/mol. The zero-order chi connectivity index (χ0) is 7.94. The maximum atomic E-state index is 2.39. The molecule has 0 spiro atoms. The molecule has 62 valence electrons. The van der Waals surface area contributed by atoms with E-state index >= 15 is 0 Å². The first kappa shape index (κ1) is 8.38. The molecule has 0 aromatic rings. The Hall–Kier alpha value is -0.720. The van der Waals surface area contributed by atoms with Crippen molar-refractivity contribution in [2.75, 3.05) is 13.1 Å². The fourth-order valence-electron chi connectivity index (χ4n) is 1.35. The SMILES string of the molecule is C/C=C/C=CN1CCCCC1. The predicted octanol–water partition coefficient (Wildman–Crippen LogP) is 2.56. The van der Waals surface area contributed by atoms with Gasteiger partial charge in [0.1, 0.15) is 0 Å². The molecule has 1 nitrogen and oxygen atoms in total. The standard InChI is InChI=1S/C10H17N/c1-2-3-5-8-11-9-6-4-7-10-11/h2-3,5,8H,4,6-7,9-10H2,1H3/b3-2+,8-5?. The van der Waals surface area contributed by atoms with E-state index in [4.69, 9.17) is 0 Å². The van der Waals surface area contributed by atoms with Crippen LogP contribution in [0.15, 0.2) is 24.4 Å². The van der Waals surface area contributed by atoms with Gasteiger partial charge in [0.25, 0.3) is 0 Å². The summed E-state index contributed by atoms with van der Waals surface area (Å²) >= 11 is 0. The van der Waals surface area contributed by atoms with Crippen molar-refractivity contribution < 1.29 is 0 Å². The van der Waals surface area contributed by atoms with Crippen molar-refractivity contribution in [3.8, 4) is 0 Å². The largest absolute Gasteiger partial charge is 0.377 e. The Morgan fingerprint density at radius 2 is 1.73 bits per heavy atom. The fourth-order valence-corrected chi connectivity index (χ4v) is 1.35. The molecule has 0 aromatic heterocycles. The summed E-state index contributed by atoms with van der Waals surface area (Å²) in [6, 6.07) is 0. The molecule has 0 radical (unpaired) electrons. The van der Waals surface area contributed by atoms with Gasteiger partial charge in [-0.05, 0) is 38.5 Å². The molecule has 1 rings (SSSR count). The van der Waals surface area contributed by atoms with E-state index in [1.54, 1.807) is 0 Å². The van der Waals surface area contributed by atoms with Crippen molar-refractivity contribution in [3.63, 3.8) is 0 Å². The number of allylic oxidation sites excluding steroid dienone is 3. The van der Waals surface area contributed by atoms with Crippen LogP contribution in [0.2, 0.25) is 0 Å². The highest BCUT2D eigenvalue weighted by molar-refractivity contribution is 5.00. The lowest BCUT2D eigenvalue weighted by molar-refractivity contribution is 0.309. The third-order valence-electron chi connectivity index (χ3n) is 1.99. The fraction of sp³-hybridized carbons (Fsp3) is 0.600. The van der Waals surface area contributed by atoms with Crippen molar-refractivity contribution in [1.29, 1.82) is 0 Å². The third-order valence-corrected chi connectivity index (χ3v) is 1.99. The van der Waals surface area contributed by atoms with Crippen molar-refractivity contribution in [2.24, 2.45) is 0 Å². The quantitative estimate of drug-likeness (QED) is 0.548. The average molecular weight is 151 g/mol. The van der Waals surface area contributed by atoms with Crippen LogP contribution < -0.4 is 0 Å². The Kier molecular flexibility index (Phi) is 3.81. The van der Waals surface area contributed by atoms with Crippen molar-refractivity contribution >= 4 is 0 Å². The second-order valence-electron chi connectivity index (χ2n) is 2.96. The Morgan fingerprint density at radius 1 is 1.00 bits per heavy atom. The lowest BCUT2D eigenvalue weighted by Crippen LogP contribution is -2.23. The number of nitrogens with zero attached hydrogens (tertiary/aromatic N) is 1. The number of piperidine rings is 1. The van der Waals surface area contributed by atoms with Crippen molar-refractivity contribution in [2.45, 2.75) is 26.2 Å². The molecule has 0 aromatic carbocycles. The van der Waals surface area contributed by atoms with Crippen LogP contribution in [0.25, 0.3) is 0 Å². The lowest BCUT2D eigenvalue weighted by atomic mass is 10.1. The summed E-state index contributed by atoms with van der Waals surface area (Å²) in [5.74, 6) is 0. The van der Waals surface area contributed by atoms with E-state index in [-0.39, 0.29) is 0 Å². The van der Waals surface area contributed by atoms with Gasteiger partial charge in [0.2, 0.25) is 0 Å². The van der Waals surface area contributed by atoms with E-state index < -0.39 is 0 Å². The van der Waals surface area contributed by atoms with Crippen LogP contribution in [-0.2, 0) is 0 Å². The Labute approximate surface area is 69.4 Å². The maximum absolute atomic E-state index is 2.39. The summed E-state index contributed by atoms with van der Waals surface area (Å²) < 4.78 is 0. The van der Waals surface area contributed by atoms with Gasteiger partial charge in [-0.2, -0.15) is 0 Å². The number of likely N-dealkylation sites (tertiary alicyclic amines) is 1. The van der Waals surface area contributed by atoms with Gasteiger partial charge >= 0.3 is 0 Å². The van der Waals surface area contributed by atoms with Crippen molar-refractivity contribution in [1.82, 2.24) is 4.90 Å². The molecule has 0 aliphatic carbocycles. The normalized spacial score (nSPS) is 20.3. The van der Waals surface area contributed by atoms with Crippen LogP contribution in [0.4, 0.5) is 0 Å². The topological polar surface area (TPSA) is 3.24 Å². The first-order chi connectivity index (χ1) is 5.43. The highest BCUT2D eigenvalue weighted by Gasteiger charge is 2.03. The van der Waals surface area contributed by atoms with Crippen LogP contribution in [0.5, 0.6) is 0 Å². The van der Waals surface area contributed by atoms with Crippen LogP contribution in [0.3, 0.4) is 0 Å². The molecule has 1 aliphatic heterocycles. The maximum Gasteiger partial charge on any atom is 0.0172 e. The summed E-state index contributed by atoms with van der Waals surface area (Å²) in [7, 11) is 0. The second-order valence-corrected chi connectivity index (χ2v) is 2.96. The molecule has 1 heteroatoms. The number of rotatable bonds is 2. The van der Waals surface area contributed by atoms with E-state index in [0.717, 1.165) is 0 Å². The monoisotopic (exact) mass is 151 g/mol. The van der Waals surface area contributed by atoms with Gasteiger partial charge in [-0.25, -0.2) is 0 Å². The minimum Gasteiger partial charge on any atom is -0.377 e. The lowest BCUT2D eigenvalue weighted by Gasteiger charge is -2.24. The molecule has 1 fully saturated rings. The molecule has 0 unspecified atom stereocenters. The van der Waals surface area contributed by atoms with Crippen LogP contribution in [0.1, 0.15) is 26.2 Å². The van der Waals surface area contributed by atoms with E-state index in [1.807, 2.05) is 6.92 Å². The third kappa shape index (κ3) is 3.26. The highest BCUT2D eigenvalue weighted by atomic mass is 15.1. The van der Waals surface area contributed by atoms with Crippen LogP contribution >= 0.6 is 0 Å². The van der Waals surface area contributed by atoms with Gasteiger partial charge in [-0.3, -0.25) is 0 Å². The summed E-state index contributed by atoms with van der Waals surface area (Å²) in [6.45, 7) is 4.53. The molecule has 0 amide bonds. The van der Waals surface area contributed by atoms with Gasteiger partial charge < -0.3 is 4.90 Å².